The zero-order valence-electron chi connectivity index (χ0n) is 8.76. The lowest BCUT2D eigenvalue weighted by atomic mass is 10.2. The highest BCUT2D eigenvalue weighted by Crippen LogP contribution is 2.21. The summed E-state index contributed by atoms with van der Waals surface area (Å²) in [5.41, 5.74) is 5.80. The number of carboxylic acid groups (broad SMARTS) is 1. The van der Waals surface area contributed by atoms with Gasteiger partial charge in [-0.25, -0.2) is 4.79 Å². The molecule has 0 aromatic heterocycles. The van der Waals surface area contributed by atoms with Crippen LogP contribution in [0.3, 0.4) is 0 Å². The van der Waals surface area contributed by atoms with Crippen LogP contribution >= 0.6 is 0 Å². The van der Waals surface area contributed by atoms with Crippen molar-refractivity contribution >= 4 is 5.97 Å². The molecule has 3 atom stereocenters. The standard InChI is InChI=1S/C10H18N2O3/c11-7-3-4-12(5-7)6-8-1-2-9(15-8)10(13)14/h7-9H,1-6,11H2,(H,13,14). The highest BCUT2D eigenvalue weighted by molar-refractivity contribution is 5.72. The van der Waals surface area contributed by atoms with E-state index in [9.17, 15) is 4.79 Å². The first-order valence-corrected chi connectivity index (χ1v) is 5.51. The molecule has 0 spiro atoms. The molecule has 2 rings (SSSR count). The maximum Gasteiger partial charge on any atom is 0.332 e. The van der Waals surface area contributed by atoms with Gasteiger partial charge < -0.3 is 15.6 Å². The van der Waals surface area contributed by atoms with Gasteiger partial charge in [0.2, 0.25) is 0 Å². The van der Waals surface area contributed by atoms with Gasteiger partial charge in [-0.15, -0.1) is 0 Å². The third-order valence-electron chi connectivity index (χ3n) is 3.15. The number of nitrogens with two attached hydrogens (primary N) is 1. The largest absolute Gasteiger partial charge is 0.479 e. The minimum absolute atomic E-state index is 0.0800. The Balaban J connectivity index is 1.75. The quantitative estimate of drug-likeness (QED) is 0.671. The second kappa shape index (κ2) is 4.47. The fourth-order valence-corrected chi connectivity index (χ4v) is 2.34. The van der Waals surface area contributed by atoms with Crippen molar-refractivity contribution in [1.82, 2.24) is 4.90 Å². The Morgan fingerprint density at radius 3 is 2.80 bits per heavy atom. The summed E-state index contributed by atoms with van der Waals surface area (Å²) in [5.74, 6) is -0.837. The average Bonchev–Trinajstić information content (AvgIpc) is 2.76. The van der Waals surface area contributed by atoms with E-state index in [1.165, 1.54) is 0 Å². The van der Waals surface area contributed by atoms with Crippen molar-refractivity contribution in [2.75, 3.05) is 19.6 Å². The van der Waals surface area contributed by atoms with E-state index in [0.29, 0.717) is 6.42 Å². The summed E-state index contributed by atoms with van der Waals surface area (Å²) in [6.07, 6.45) is 2.01. The molecule has 3 N–H and O–H groups in total. The van der Waals surface area contributed by atoms with Crippen LogP contribution in [0, 0.1) is 0 Å². The molecule has 0 radical (unpaired) electrons. The summed E-state index contributed by atoms with van der Waals surface area (Å²) in [5, 5.41) is 8.78. The highest BCUT2D eigenvalue weighted by Gasteiger charge is 2.32. The Hall–Kier alpha value is -0.650. The van der Waals surface area contributed by atoms with Crippen molar-refractivity contribution in [2.45, 2.75) is 37.5 Å². The van der Waals surface area contributed by atoms with Gasteiger partial charge >= 0.3 is 5.97 Å². The van der Waals surface area contributed by atoms with Gasteiger partial charge in [-0.05, 0) is 25.8 Å². The lowest BCUT2D eigenvalue weighted by Gasteiger charge is -2.19. The van der Waals surface area contributed by atoms with Gasteiger partial charge in [0.05, 0.1) is 6.10 Å². The van der Waals surface area contributed by atoms with Crippen LogP contribution in [-0.4, -0.2) is 53.9 Å². The summed E-state index contributed by atoms with van der Waals surface area (Å²) in [7, 11) is 0. The molecule has 0 amide bonds. The van der Waals surface area contributed by atoms with Crippen molar-refractivity contribution in [2.24, 2.45) is 5.73 Å². The van der Waals surface area contributed by atoms with Gasteiger partial charge in [-0.3, -0.25) is 4.90 Å². The van der Waals surface area contributed by atoms with E-state index < -0.39 is 12.1 Å². The van der Waals surface area contributed by atoms with Crippen LogP contribution in [0.15, 0.2) is 0 Å². The van der Waals surface area contributed by atoms with Gasteiger partial charge in [-0.1, -0.05) is 0 Å². The Kier molecular flexibility index (Phi) is 3.23. The number of hydrogen-bond acceptors (Lipinski definition) is 4. The summed E-state index contributed by atoms with van der Waals surface area (Å²) >= 11 is 0. The summed E-state index contributed by atoms with van der Waals surface area (Å²) in [6, 6.07) is 0.279. The Bertz CT molecular complexity index is 247. The molecular weight excluding hydrogens is 196 g/mol. The van der Waals surface area contributed by atoms with Crippen molar-refractivity contribution < 1.29 is 14.6 Å². The number of hydrogen-bond donors (Lipinski definition) is 2. The summed E-state index contributed by atoms with van der Waals surface area (Å²) < 4.78 is 5.44. The van der Waals surface area contributed by atoms with Crippen LogP contribution in [0.2, 0.25) is 0 Å². The first-order chi connectivity index (χ1) is 7.15. The Morgan fingerprint density at radius 1 is 1.47 bits per heavy atom. The molecule has 15 heavy (non-hydrogen) atoms. The zero-order chi connectivity index (χ0) is 10.8. The van der Waals surface area contributed by atoms with Crippen molar-refractivity contribution in [3.05, 3.63) is 0 Å². The predicted molar refractivity (Wildman–Crippen MR) is 54.6 cm³/mol. The third kappa shape index (κ3) is 2.68. The number of carboxylic acids is 1. The van der Waals surface area contributed by atoms with Crippen LogP contribution in [-0.2, 0) is 9.53 Å². The minimum atomic E-state index is -0.837. The van der Waals surface area contributed by atoms with E-state index in [2.05, 4.69) is 4.90 Å². The molecule has 0 aliphatic carbocycles. The van der Waals surface area contributed by atoms with Gasteiger partial charge in [0.1, 0.15) is 0 Å². The fourth-order valence-electron chi connectivity index (χ4n) is 2.34. The average molecular weight is 214 g/mol. The first-order valence-electron chi connectivity index (χ1n) is 5.51. The van der Waals surface area contributed by atoms with Crippen LogP contribution in [0.1, 0.15) is 19.3 Å². The van der Waals surface area contributed by atoms with E-state index in [1.54, 1.807) is 0 Å². The number of rotatable bonds is 3. The minimum Gasteiger partial charge on any atom is -0.479 e. The molecule has 3 unspecified atom stereocenters. The maximum atomic E-state index is 10.7. The number of carbonyl (C=O) groups is 1. The molecule has 0 aromatic carbocycles. The van der Waals surface area contributed by atoms with Crippen LogP contribution in [0.4, 0.5) is 0 Å². The number of nitrogens with zero attached hydrogens (tertiary/aromatic N) is 1. The fraction of sp³-hybridized carbons (Fsp3) is 0.900. The normalized spacial score (nSPS) is 37.3. The van der Waals surface area contributed by atoms with E-state index in [4.69, 9.17) is 15.6 Å². The molecule has 5 nitrogen and oxygen atoms in total. The predicted octanol–water partition coefficient (Wildman–Crippen LogP) is -0.348. The molecule has 0 bridgehead atoms. The Morgan fingerprint density at radius 2 is 2.27 bits per heavy atom. The first kappa shape index (κ1) is 10.9. The molecule has 0 aromatic rings. The molecule has 2 saturated heterocycles. The summed E-state index contributed by atoms with van der Waals surface area (Å²) in [4.78, 5) is 12.9. The second-order valence-electron chi connectivity index (χ2n) is 4.47. The number of ether oxygens (including phenoxy) is 1. The smallest absolute Gasteiger partial charge is 0.332 e. The van der Waals surface area contributed by atoms with E-state index in [1.807, 2.05) is 0 Å². The molecule has 0 saturated carbocycles. The van der Waals surface area contributed by atoms with Gasteiger partial charge in [0.25, 0.3) is 0 Å². The lowest BCUT2D eigenvalue weighted by Crippen LogP contribution is -2.33. The van der Waals surface area contributed by atoms with Gasteiger partial charge in [-0.2, -0.15) is 0 Å². The molecule has 86 valence electrons. The molecular formula is C10H18N2O3. The number of likely N-dealkylation sites (tertiary alicyclic amines) is 1. The van der Waals surface area contributed by atoms with Gasteiger partial charge in [0, 0.05) is 19.1 Å². The van der Waals surface area contributed by atoms with Gasteiger partial charge in [0.15, 0.2) is 6.10 Å². The van der Waals surface area contributed by atoms with E-state index >= 15 is 0 Å². The number of aliphatic carboxylic acids is 1. The highest BCUT2D eigenvalue weighted by atomic mass is 16.5. The molecule has 2 aliphatic rings. The van der Waals surface area contributed by atoms with Crippen LogP contribution < -0.4 is 5.73 Å². The van der Waals surface area contributed by atoms with Crippen LogP contribution in [0.25, 0.3) is 0 Å². The van der Waals surface area contributed by atoms with Crippen LogP contribution in [0.5, 0.6) is 0 Å². The van der Waals surface area contributed by atoms with Crippen molar-refractivity contribution in [3.63, 3.8) is 0 Å². The second-order valence-corrected chi connectivity index (χ2v) is 4.47. The molecule has 2 fully saturated rings. The van der Waals surface area contributed by atoms with E-state index in [-0.39, 0.29) is 12.1 Å². The van der Waals surface area contributed by atoms with Crippen molar-refractivity contribution in [1.29, 1.82) is 0 Å². The lowest BCUT2D eigenvalue weighted by molar-refractivity contribution is -0.149. The Labute approximate surface area is 89.2 Å². The molecule has 2 aliphatic heterocycles. The van der Waals surface area contributed by atoms with Crippen molar-refractivity contribution in [3.8, 4) is 0 Å². The third-order valence-corrected chi connectivity index (χ3v) is 3.15. The SMILES string of the molecule is NC1CCN(CC2CCC(C(=O)O)O2)C1. The monoisotopic (exact) mass is 214 g/mol. The topological polar surface area (TPSA) is 75.8 Å². The summed E-state index contributed by atoms with van der Waals surface area (Å²) in [6.45, 7) is 2.76. The van der Waals surface area contributed by atoms with E-state index in [0.717, 1.165) is 32.5 Å². The maximum absolute atomic E-state index is 10.7. The zero-order valence-corrected chi connectivity index (χ0v) is 8.76. The molecule has 5 heteroatoms. The molecule has 2 heterocycles.